The summed E-state index contributed by atoms with van der Waals surface area (Å²) >= 11 is 7.87. The molecule has 0 fully saturated rings. The number of aromatic nitrogens is 1. The zero-order chi connectivity index (χ0) is 30.7. The number of hydrogen-bond donors (Lipinski definition) is 0. The molecule has 0 spiro atoms. The highest BCUT2D eigenvalue weighted by Gasteiger charge is 2.33. The average molecular weight is 621 g/mol. The van der Waals surface area contributed by atoms with E-state index < -0.39 is 12.0 Å². The number of rotatable bonds is 9. The van der Waals surface area contributed by atoms with E-state index in [0.29, 0.717) is 49.3 Å². The number of carbonyl (C=O) groups excluding carboxylic acids is 1. The van der Waals surface area contributed by atoms with Gasteiger partial charge in [-0.05, 0) is 74.7 Å². The molecular formula is C33H30ClFN2O5S. The number of fused-ring (bicyclic) bond motifs is 1. The summed E-state index contributed by atoms with van der Waals surface area (Å²) in [5, 5.41) is 0.296. The van der Waals surface area contributed by atoms with Crippen LogP contribution in [0.25, 0.3) is 6.08 Å². The molecule has 1 aliphatic rings. The Bertz CT molecular complexity index is 1880. The Hall–Kier alpha value is -4.21. The number of benzene rings is 3. The predicted octanol–water partition coefficient (Wildman–Crippen LogP) is 5.88. The van der Waals surface area contributed by atoms with Crippen molar-refractivity contribution in [2.45, 2.75) is 40.3 Å². The van der Waals surface area contributed by atoms with Crippen molar-refractivity contribution < 1.29 is 23.4 Å². The number of hydrogen-bond acceptors (Lipinski definition) is 7. The van der Waals surface area contributed by atoms with Crippen molar-refractivity contribution in [1.29, 1.82) is 0 Å². The third kappa shape index (κ3) is 6.43. The number of halogens is 2. The van der Waals surface area contributed by atoms with E-state index in [4.69, 9.17) is 25.8 Å². The van der Waals surface area contributed by atoms with Crippen LogP contribution in [0, 0.1) is 12.7 Å². The van der Waals surface area contributed by atoms with Crippen LogP contribution >= 0.6 is 22.9 Å². The molecule has 0 saturated heterocycles. The third-order valence-corrected chi connectivity index (χ3v) is 8.10. The van der Waals surface area contributed by atoms with E-state index in [2.05, 4.69) is 4.99 Å². The lowest BCUT2D eigenvalue weighted by atomic mass is 9.95. The second kappa shape index (κ2) is 13.0. The van der Waals surface area contributed by atoms with Crippen molar-refractivity contribution in [2.75, 3.05) is 13.2 Å². The lowest BCUT2D eigenvalue weighted by Crippen LogP contribution is -2.39. The maximum absolute atomic E-state index is 13.9. The molecule has 222 valence electrons. The Morgan fingerprint density at radius 3 is 2.44 bits per heavy atom. The smallest absolute Gasteiger partial charge is 0.338 e. The van der Waals surface area contributed by atoms with Gasteiger partial charge in [-0.15, -0.1) is 0 Å². The minimum Gasteiger partial charge on any atom is -0.490 e. The van der Waals surface area contributed by atoms with Gasteiger partial charge in [0.25, 0.3) is 5.56 Å². The van der Waals surface area contributed by atoms with Gasteiger partial charge in [-0.1, -0.05) is 64.9 Å². The Labute approximate surface area is 257 Å². The summed E-state index contributed by atoms with van der Waals surface area (Å²) in [4.78, 5) is 32.1. The Morgan fingerprint density at radius 2 is 1.77 bits per heavy atom. The standard InChI is InChI=1S/C33H30ClFN2O5S/c1-5-40-26-16-22(15-25(34)30(26)42-18-21-9-13-24(35)14-10-21)17-27-31(38)37-29(23-11-7-19(3)8-12-23)28(32(39)41-6-2)20(4)36-33(37)43-27/h7-17,29H,5-6,18H2,1-4H3/b27-17+/t29-/m0/s1. The van der Waals surface area contributed by atoms with Crippen molar-refractivity contribution in [1.82, 2.24) is 4.57 Å². The number of aryl methyl sites for hydroxylation is 1. The van der Waals surface area contributed by atoms with Crippen LogP contribution in [0.5, 0.6) is 11.5 Å². The van der Waals surface area contributed by atoms with Crippen molar-refractivity contribution in [3.05, 3.63) is 125 Å². The summed E-state index contributed by atoms with van der Waals surface area (Å²) in [6, 6.07) is 16.5. The van der Waals surface area contributed by atoms with Gasteiger partial charge in [-0.25, -0.2) is 14.2 Å². The fourth-order valence-electron chi connectivity index (χ4n) is 4.82. The van der Waals surface area contributed by atoms with E-state index in [1.54, 1.807) is 48.8 Å². The van der Waals surface area contributed by atoms with Crippen molar-refractivity contribution in [3.8, 4) is 11.5 Å². The molecule has 0 N–H and O–H groups in total. The third-order valence-electron chi connectivity index (χ3n) is 6.84. The van der Waals surface area contributed by atoms with Crippen molar-refractivity contribution in [2.24, 2.45) is 4.99 Å². The first-order valence-electron chi connectivity index (χ1n) is 13.8. The molecule has 0 unspecified atom stereocenters. The Balaban J connectivity index is 1.58. The van der Waals surface area contributed by atoms with E-state index in [-0.39, 0.29) is 24.6 Å². The molecule has 3 aromatic carbocycles. The number of thiazole rings is 1. The van der Waals surface area contributed by atoms with Gasteiger partial charge in [0, 0.05) is 0 Å². The lowest BCUT2D eigenvalue weighted by Gasteiger charge is -2.24. The van der Waals surface area contributed by atoms with E-state index in [9.17, 15) is 14.0 Å². The van der Waals surface area contributed by atoms with Gasteiger partial charge in [0.2, 0.25) is 0 Å². The van der Waals surface area contributed by atoms with Crippen LogP contribution in [-0.4, -0.2) is 23.8 Å². The first-order valence-corrected chi connectivity index (χ1v) is 15.0. The summed E-state index contributed by atoms with van der Waals surface area (Å²) < 4.78 is 32.4. The second-order valence-corrected chi connectivity index (χ2v) is 11.3. The Morgan fingerprint density at radius 1 is 1.05 bits per heavy atom. The first kappa shape index (κ1) is 30.3. The van der Waals surface area contributed by atoms with E-state index in [1.165, 1.54) is 23.5 Å². The molecule has 0 radical (unpaired) electrons. The maximum atomic E-state index is 13.9. The number of ether oxygens (including phenoxy) is 3. The molecule has 7 nitrogen and oxygen atoms in total. The highest BCUT2D eigenvalue weighted by Crippen LogP contribution is 2.37. The normalized spacial score (nSPS) is 14.7. The fraction of sp³-hybridized carbons (Fsp3) is 0.242. The molecule has 0 saturated carbocycles. The minimum atomic E-state index is -0.692. The molecule has 0 amide bonds. The van der Waals surface area contributed by atoms with Gasteiger partial charge < -0.3 is 14.2 Å². The highest BCUT2D eigenvalue weighted by molar-refractivity contribution is 7.07. The molecule has 43 heavy (non-hydrogen) atoms. The molecule has 1 aliphatic heterocycles. The van der Waals surface area contributed by atoms with Crippen molar-refractivity contribution >= 4 is 35.0 Å². The lowest BCUT2D eigenvalue weighted by molar-refractivity contribution is -0.139. The summed E-state index contributed by atoms with van der Waals surface area (Å²) in [6.07, 6.45) is 1.72. The molecule has 1 aromatic heterocycles. The molecule has 0 bridgehead atoms. The molecule has 5 rings (SSSR count). The van der Waals surface area contributed by atoms with E-state index >= 15 is 0 Å². The highest BCUT2D eigenvalue weighted by atomic mass is 35.5. The van der Waals surface area contributed by atoms with Gasteiger partial charge in [0.15, 0.2) is 16.3 Å². The zero-order valence-electron chi connectivity index (χ0n) is 24.1. The first-order chi connectivity index (χ1) is 20.7. The van der Waals surface area contributed by atoms with Gasteiger partial charge in [0.1, 0.15) is 12.4 Å². The minimum absolute atomic E-state index is 0.166. The predicted molar refractivity (Wildman–Crippen MR) is 165 cm³/mol. The Kier molecular flexibility index (Phi) is 9.13. The molecule has 4 aromatic rings. The molecule has 10 heteroatoms. The zero-order valence-corrected chi connectivity index (χ0v) is 25.7. The summed E-state index contributed by atoms with van der Waals surface area (Å²) in [5.74, 6) is -0.0773. The van der Waals surface area contributed by atoms with Crippen molar-refractivity contribution in [3.63, 3.8) is 0 Å². The van der Waals surface area contributed by atoms with Crippen LogP contribution in [0.1, 0.15) is 49.1 Å². The van der Waals surface area contributed by atoms with Crippen LogP contribution in [0.2, 0.25) is 5.02 Å². The van der Waals surface area contributed by atoms with Gasteiger partial charge in [0.05, 0.1) is 40.1 Å². The molecule has 1 atom stereocenters. The van der Waals surface area contributed by atoms with Crippen LogP contribution in [-0.2, 0) is 16.1 Å². The van der Waals surface area contributed by atoms with Crippen LogP contribution < -0.4 is 24.4 Å². The molecular weight excluding hydrogens is 591 g/mol. The van der Waals surface area contributed by atoms with Gasteiger partial charge in [-0.3, -0.25) is 9.36 Å². The maximum Gasteiger partial charge on any atom is 0.338 e. The fourth-order valence-corrected chi connectivity index (χ4v) is 6.14. The average Bonchev–Trinajstić information content (AvgIpc) is 3.27. The number of allylic oxidation sites excluding steroid dienone is 1. The quantitative estimate of drug-likeness (QED) is 0.219. The van der Waals surface area contributed by atoms with Crippen LogP contribution in [0.3, 0.4) is 0 Å². The topological polar surface area (TPSA) is 79.1 Å². The summed E-state index contributed by atoms with van der Waals surface area (Å²) in [5.41, 5.74) is 3.76. The van der Waals surface area contributed by atoms with Crippen LogP contribution in [0.4, 0.5) is 4.39 Å². The molecule has 0 aliphatic carbocycles. The van der Waals surface area contributed by atoms with Gasteiger partial charge in [-0.2, -0.15) is 0 Å². The number of esters is 1. The monoisotopic (exact) mass is 620 g/mol. The second-order valence-electron chi connectivity index (χ2n) is 9.89. The van der Waals surface area contributed by atoms with E-state index in [0.717, 1.165) is 16.7 Å². The summed E-state index contributed by atoms with van der Waals surface area (Å²) in [6.45, 7) is 8.04. The summed E-state index contributed by atoms with van der Waals surface area (Å²) in [7, 11) is 0. The van der Waals surface area contributed by atoms with Gasteiger partial charge >= 0.3 is 5.97 Å². The van der Waals surface area contributed by atoms with Crippen LogP contribution in [0.15, 0.2) is 81.7 Å². The SMILES string of the molecule is CCOC(=O)C1=C(C)N=c2s/c(=C/c3cc(Cl)c(OCc4ccc(F)cc4)c(OCC)c3)c(=O)n2[C@H]1c1ccc(C)cc1. The molecule has 2 heterocycles. The van der Waals surface area contributed by atoms with E-state index in [1.807, 2.05) is 38.1 Å². The number of nitrogens with zero attached hydrogens (tertiary/aromatic N) is 2. The largest absolute Gasteiger partial charge is 0.490 e. The number of carbonyl (C=O) groups is 1.